The highest BCUT2D eigenvalue weighted by molar-refractivity contribution is 5.79. The highest BCUT2D eigenvalue weighted by atomic mass is 19.3. The molecule has 8 heteroatoms. The Kier molecular flexibility index (Phi) is 7.70. The van der Waals surface area contributed by atoms with Gasteiger partial charge in [-0.15, -0.1) is 0 Å². The number of nitrogens with zero attached hydrogens (tertiary/aromatic N) is 1. The lowest BCUT2D eigenvalue weighted by atomic mass is 10.1. The quantitative estimate of drug-likeness (QED) is 0.559. The highest BCUT2D eigenvalue weighted by Gasteiger charge is 2.16. The average Bonchev–Trinajstić information content (AvgIpc) is 2.54. The van der Waals surface area contributed by atoms with Crippen molar-refractivity contribution in [2.75, 3.05) is 27.8 Å². The number of guanidine groups is 1. The monoisotopic (exact) mass is 345 g/mol. The molecule has 24 heavy (non-hydrogen) atoms. The van der Waals surface area contributed by atoms with Crippen molar-refractivity contribution in [3.05, 3.63) is 23.8 Å². The van der Waals surface area contributed by atoms with Crippen LogP contribution in [-0.2, 0) is 11.3 Å². The van der Waals surface area contributed by atoms with Crippen LogP contribution < -0.4 is 20.1 Å². The second-order valence-corrected chi connectivity index (χ2v) is 5.61. The summed E-state index contributed by atoms with van der Waals surface area (Å²) in [4.78, 5) is 4.11. The molecule has 2 N–H and O–H groups in total. The third-order valence-electron chi connectivity index (χ3n) is 3.36. The molecule has 0 bridgehead atoms. The number of halogens is 2. The molecule has 1 rings (SSSR count). The van der Waals surface area contributed by atoms with Crippen LogP contribution >= 0.6 is 0 Å². The molecule has 136 valence electrons. The minimum absolute atomic E-state index is 0.00439. The lowest BCUT2D eigenvalue weighted by Crippen LogP contribution is -2.45. The summed E-state index contributed by atoms with van der Waals surface area (Å²) in [5.41, 5.74) is 0.413. The van der Waals surface area contributed by atoms with Crippen LogP contribution in [0.25, 0.3) is 0 Å². The summed E-state index contributed by atoms with van der Waals surface area (Å²) in [5, 5.41) is 6.24. The molecule has 0 unspecified atom stereocenters. The Morgan fingerprint density at radius 1 is 1.21 bits per heavy atom. The molecule has 0 heterocycles. The summed E-state index contributed by atoms with van der Waals surface area (Å²) in [6.07, 6.45) is 0. The van der Waals surface area contributed by atoms with Crippen LogP contribution in [0.5, 0.6) is 11.5 Å². The van der Waals surface area contributed by atoms with Crippen molar-refractivity contribution in [1.82, 2.24) is 10.6 Å². The van der Waals surface area contributed by atoms with Crippen LogP contribution in [-0.4, -0.2) is 46.0 Å². The van der Waals surface area contributed by atoms with E-state index >= 15 is 0 Å². The van der Waals surface area contributed by atoms with Crippen LogP contribution in [0.2, 0.25) is 0 Å². The molecule has 1 aromatic rings. The lowest BCUT2D eigenvalue weighted by molar-refractivity contribution is -0.0512. The van der Waals surface area contributed by atoms with Crippen molar-refractivity contribution in [2.24, 2.45) is 4.99 Å². The van der Waals surface area contributed by atoms with Gasteiger partial charge in [0.15, 0.2) is 17.5 Å². The third-order valence-corrected chi connectivity index (χ3v) is 3.36. The molecule has 1 aromatic carbocycles. The van der Waals surface area contributed by atoms with Gasteiger partial charge in [-0.2, -0.15) is 8.78 Å². The van der Waals surface area contributed by atoms with Crippen molar-refractivity contribution in [3.8, 4) is 11.5 Å². The molecule has 0 fully saturated rings. The number of rotatable bonds is 8. The molecule has 0 aliphatic carbocycles. The zero-order valence-electron chi connectivity index (χ0n) is 14.7. The van der Waals surface area contributed by atoms with E-state index in [0.29, 0.717) is 19.0 Å². The smallest absolute Gasteiger partial charge is 0.387 e. The molecule has 0 spiro atoms. The number of benzene rings is 1. The zero-order valence-corrected chi connectivity index (χ0v) is 14.7. The van der Waals surface area contributed by atoms with Gasteiger partial charge in [-0.1, -0.05) is 6.07 Å². The third kappa shape index (κ3) is 6.57. The Balaban J connectivity index is 2.68. The maximum atomic E-state index is 12.4. The molecular weight excluding hydrogens is 320 g/mol. The number of methoxy groups -OCH3 is 2. The second kappa shape index (κ2) is 9.27. The maximum Gasteiger partial charge on any atom is 0.387 e. The van der Waals surface area contributed by atoms with Gasteiger partial charge in [0.2, 0.25) is 0 Å². The minimum atomic E-state index is -2.91. The molecule has 6 nitrogen and oxygen atoms in total. The molecule has 0 saturated carbocycles. The van der Waals surface area contributed by atoms with E-state index in [1.807, 2.05) is 13.8 Å². The average molecular weight is 345 g/mol. The van der Waals surface area contributed by atoms with Gasteiger partial charge in [0, 0.05) is 27.2 Å². The topological polar surface area (TPSA) is 64.1 Å². The Morgan fingerprint density at radius 2 is 1.92 bits per heavy atom. The van der Waals surface area contributed by atoms with Gasteiger partial charge >= 0.3 is 6.61 Å². The van der Waals surface area contributed by atoms with Crippen LogP contribution in [0.4, 0.5) is 8.78 Å². The van der Waals surface area contributed by atoms with Gasteiger partial charge in [0.25, 0.3) is 0 Å². The second-order valence-electron chi connectivity index (χ2n) is 5.61. The van der Waals surface area contributed by atoms with Crippen LogP contribution in [0, 0.1) is 0 Å². The Bertz CT molecular complexity index is 551. The van der Waals surface area contributed by atoms with Gasteiger partial charge in [-0.05, 0) is 31.5 Å². The SMILES string of the molecule is CN=C(NCc1ccc(OC)c(OC(F)F)c1)NCC(C)(C)OC. The van der Waals surface area contributed by atoms with Gasteiger partial charge < -0.3 is 24.8 Å². The number of hydrogen-bond donors (Lipinski definition) is 2. The maximum absolute atomic E-state index is 12.4. The molecule has 0 aromatic heterocycles. The molecular formula is C16H25F2N3O3. The van der Waals surface area contributed by atoms with Crippen LogP contribution in [0.3, 0.4) is 0 Å². The van der Waals surface area contributed by atoms with Gasteiger partial charge in [-0.3, -0.25) is 4.99 Å². The molecule has 0 radical (unpaired) electrons. The van der Waals surface area contributed by atoms with Crippen molar-refractivity contribution in [1.29, 1.82) is 0 Å². The number of aliphatic imine (C=N–C) groups is 1. The normalized spacial score (nSPS) is 12.2. The van der Waals surface area contributed by atoms with Crippen LogP contribution in [0.1, 0.15) is 19.4 Å². The van der Waals surface area contributed by atoms with Gasteiger partial charge in [0.1, 0.15) is 0 Å². The fourth-order valence-corrected chi connectivity index (χ4v) is 1.79. The van der Waals surface area contributed by atoms with Crippen molar-refractivity contribution in [3.63, 3.8) is 0 Å². The molecule has 0 aliphatic heterocycles. The minimum Gasteiger partial charge on any atom is -0.493 e. The number of nitrogens with one attached hydrogen (secondary N) is 2. The van der Waals surface area contributed by atoms with E-state index in [4.69, 9.17) is 9.47 Å². The summed E-state index contributed by atoms with van der Waals surface area (Å²) < 4.78 is 39.7. The first-order valence-electron chi connectivity index (χ1n) is 7.42. The van der Waals surface area contributed by atoms with E-state index in [-0.39, 0.29) is 17.1 Å². The zero-order chi connectivity index (χ0) is 18.2. The van der Waals surface area contributed by atoms with Crippen molar-refractivity contribution in [2.45, 2.75) is 32.6 Å². The van der Waals surface area contributed by atoms with E-state index in [0.717, 1.165) is 5.56 Å². The standard InChI is InChI=1S/C16H25F2N3O3/c1-16(2,23-5)10-21-15(19-3)20-9-11-6-7-12(22-4)13(8-11)24-14(17)18/h6-8,14H,9-10H2,1-5H3,(H2,19,20,21). The first-order valence-corrected chi connectivity index (χ1v) is 7.42. The van der Waals surface area contributed by atoms with E-state index < -0.39 is 6.61 Å². The van der Waals surface area contributed by atoms with E-state index in [1.54, 1.807) is 26.3 Å². The Morgan fingerprint density at radius 3 is 2.46 bits per heavy atom. The fraction of sp³-hybridized carbons (Fsp3) is 0.562. The Labute approximate surface area is 141 Å². The molecule has 0 amide bonds. The highest BCUT2D eigenvalue weighted by Crippen LogP contribution is 2.29. The van der Waals surface area contributed by atoms with Gasteiger partial charge in [-0.25, -0.2) is 0 Å². The number of ether oxygens (including phenoxy) is 3. The van der Waals surface area contributed by atoms with Crippen molar-refractivity contribution >= 4 is 5.96 Å². The van der Waals surface area contributed by atoms with E-state index in [2.05, 4.69) is 20.4 Å². The molecule has 0 aliphatic rings. The van der Waals surface area contributed by atoms with Gasteiger partial charge in [0.05, 0.1) is 12.7 Å². The summed E-state index contributed by atoms with van der Waals surface area (Å²) >= 11 is 0. The largest absolute Gasteiger partial charge is 0.493 e. The molecule has 0 saturated heterocycles. The number of alkyl halides is 2. The summed E-state index contributed by atoms with van der Waals surface area (Å²) in [6.45, 7) is 1.94. The molecule has 0 atom stereocenters. The summed E-state index contributed by atoms with van der Waals surface area (Å²) in [6, 6.07) is 4.85. The first kappa shape index (κ1) is 20.0. The predicted octanol–water partition coefficient (Wildman–Crippen LogP) is 2.39. The fourth-order valence-electron chi connectivity index (χ4n) is 1.79. The van der Waals surface area contributed by atoms with Crippen LogP contribution in [0.15, 0.2) is 23.2 Å². The summed E-state index contributed by atoms with van der Waals surface area (Å²) in [5.74, 6) is 0.825. The summed E-state index contributed by atoms with van der Waals surface area (Å²) in [7, 11) is 4.68. The predicted molar refractivity (Wildman–Crippen MR) is 88.9 cm³/mol. The van der Waals surface area contributed by atoms with E-state index in [1.165, 1.54) is 13.2 Å². The Hall–Kier alpha value is -2.09. The number of hydrogen-bond acceptors (Lipinski definition) is 4. The van der Waals surface area contributed by atoms with Crippen molar-refractivity contribution < 1.29 is 23.0 Å². The van der Waals surface area contributed by atoms with E-state index in [9.17, 15) is 8.78 Å². The first-order chi connectivity index (χ1) is 11.3. The lowest BCUT2D eigenvalue weighted by Gasteiger charge is -2.24.